The van der Waals surface area contributed by atoms with Gasteiger partial charge in [-0.15, -0.1) is 0 Å². The summed E-state index contributed by atoms with van der Waals surface area (Å²) in [6.45, 7) is -3.94. The lowest BCUT2D eigenvalue weighted by molar-refractivity contribution is 0.0462. The maximum Gasteiger partial charge on any atom is 0.272 e. The summed E-state index contributed by atoms with van der Waals surface area (Å²) in [6.07, 6.45) is -20.6. The SMILES string of the molecule is [2H]C([2H])([2H])N1[C@]2([2H])C([2H])([2H])C([2H])([2H])C([2H])([2H])[C@]1([2H])C([2H])([2H])C([2H])(NC(=O)c1nn(C)c3ccccc13)C2([2H])[2H]. The van der Waals surface area contributed by atoms with Crippen LogP contribution in [0.25, 0.3) is 10.9 Å². The number of hydrogen-bond acceptors (Lipinski definition) is 3. The van der Waals surface area contributed by atoms with E-state index in [1.807, 2.05) is 0 Å². The van der Waals surface area contributed by atoms with Crippen LogP contribution in [0.15, 0.2) is 24.3 Å². The number of aryl methyl sites for hydroxylation is 1. The van der Waals surface area contributed by atoms with Crippen LogP contribution in [0.1, 0.15) is 64.3 Å². The molecule has 4 rings (SSSR count). The summed E-state index contributed by atoms with van der Waals surface area (Å²) < 4.78 is 136. The Hall–Kier alpha value is -1.88. The minimum absolute atomic E-state index is 0.172. The maximum absolute atomic E-state index is 13.4. The van der Waals surface area contributed by atoms with Crippen LogP contribution >= 0.6 is 0 Å². The number of aromatic nitrogens is 2. The Morgan fingerprint density at radius 3 is 2.87 bits per heavy atom. The minimum atomic E-state index is -4.16. The molecule has 0 unspecified atom stereocenters. The largest absolute Gasteiger partial charge is 0.348 e. The highest BCUT2D eigenvalue weighted by Crippen LogP contribution is 2.32. The summed E-state index contributed by atoms with van der Waals surface area (Å²) in [6, 6.07) is -6.10. The molecular formula is C18H24N4O. The molecule has 122 valence electrons. The third-order valence-corrected chi connectivity index (χ3v) is 3.51. The molecule has 2 fully saturated rings. The van der Waals surface area contributed by atoms with Gasteiger partial charge in [0.1, 0.15) is 0 Å². The number of amides is 1. The van der Waals surface area contributed by atoms with Crippen molar-refractivity contribution in [2.45, 2.75) is 49.9 Å². The van der Waals surface area contributed by atoms with E-state index < -0.39 is 73.4 Å². The van der Waals surface area contributed by atoms with Crippen LogP contribution in [0.2, 0.25) is 0 Å². The number of rotatable bonds is 2. The molecule has 2 saturated heterocycles. The zero-order valence-electron chi connectivity index (χ0n) is 28.1. The first-order chi connectivity index (χ1) is 17.2. The Bertz CT molecular complexity index is 1320. The van der Waals surface area contributed by atoms with E-state index in [0.717, 1.165) is 0 Å². The number of fused-ring (bicyclic) bond motifs is 3. The van der Waals surface area contributed by atoms with Crippen molar-refractivity contribution in [3.63, 3.8) is 0 Å². The maximum atomic E-state index is 13.4. The Balaban J connectivity index is 2.07. The molecule has 1 aromatic heterocycles. The van der Waals surface area contributed by atoms with Crippen molar-refractivity contribution in [2.24, 2.45) is 7.05 Å². The van der Waals surface area contributed by atoms with Crippen molar-refractivity contribution in [2.75, 3.05) is 6.98 Å². The predicted molar refractivity (Wildman–Crippen MR) is 90.4 cm³/mol. The van der Waals surface area contributed by atoms with E-state index in [4.69, 9.17) is 21.9 Å². The summed E-state index contributed by atoms with van der Waals surface area (Å²) in [5.74, 6) is -1.41. The highest BCUT2D eigenvalue weighted by atomic mass is 16.2. The molecule has 1 amide bonds. The zero-order valence-corrected chi connectivity index (χ0v) is 12.1. The van der Waals surface area contributed by atoms with Gasteiger partial charge in [-0.3, -0.25) is 9.48 Å². The lowest BCUT2D eigenvalue weighted by atomic mass is 9.82. The molecule has 0 spiro atoms. The van der Waals surface area contributed by atoms with Gasteiger partial charge in [-0.05, 0) is 38.5 Å². The monoisotopic (exact) mass is 328 g/mol. The van der Waals surface area contributed by atoms with Crippen LogP contribution < -0.4 is 5.32 Å². The highest BCUT2D eigenvalue weighted by molar-refractivity contribution is 6.04. The number of hydrogen-bond donors (Lipinski definition) is 1. The van der Waals surface area contributed by atoms with E-state index in [2.05, 4.69) is 5.10 Å². The van der Waals surface area contributed by atoms with E-state index in [1.165, 1.54) is 23.9 Å². The molecular weight excluding hydrogens is 288 g/mol. The van der Waals surface area contributed by atoms with Gasteiger partial charge < -0.3 is 10.2 Å². The number of benzene rings is 1. The fraction of sp³-hybridized carbons (Fsp3) is 0.556. The average molecular weight is 329 g/mol. The summed E-state index contributed by atoms with van der Waals surface area (Å²) in [5, 5.41) is 5.92. The quantitative estimate of drug-likeness (QED) is 0.920. The van der Waals surface area contributed by atoms with Gasteiger partial charge in [-0.25, -0.2) is 0 Å². The molecule has 0 radical (unpaired) electrons. The number of nitrogens with zero attached hydrogens (tertiary/aromatic N) is 3. The fourth-order valence-electron chi connectivity index (χ4n) is 2.43. The molecule has 2 aliphatic rings. The van der Waals surface area contributed by atoms with Gasteiger partial charge in [-0.1, -0.05) is 24.6 Å². The van der Waals surface area contributed by atoms with Crippen LogP contribution in [-0.2, 0) is 7.05 Å². The van der Waals surface area contributed by atoms with E-state index in [9.17, 15) is 4.79 Å². The Kier molecular flexibility index (Phi) is 1.30. The van der Waals surface area contributed by atoms with Crippen LogP contribution in [0, 0.1) is 0 Å². The Labute approximate surface area is 159 Å². The van der Waals surface area contributed by atoms with E-state index in [-0.39, 0.29) is 5.39 Å². The summed E-state index contributed by atoms with van der Waals surface area (Å²) in [7, 11) is 1.45. The average Bonchev–Trinajstić information content (AvgIpc) is 3.12. The lowest BCUT2D eigenvalue weighted by Crippen LogP contribution is -2.55. The molecule has 2 bridgehead atoms. The molecule has 1 aromatic carbocycles. The molecule has 2 atom stereocenters. The molecule has 0 aliphatic carbocycles. The second kappa shape index (κ2) is 5.64. The van der Waals surface area contributed by atoms with Crippen LogP contribution in [-0.4, -0.2) is 45.6 Å². The van der Waals surface area contributed by atoms with Gasteiger partial charge in [0.15, 0.2) is 5.69 Å². The van der Waals surface area contributed by atoms with Crippen molar-refractivity contribution in [3.8, 4) is 0 Å². The molecule has 2 aromatic rings. The van der Waals surface area contributed by atoms with Crippen molar-refractivity contribution in [3.05, 3.63) is 30.0 Å². The molecule has 5 nitrogen and oxygen atoms in total. The first-order valence-electron chi connectivity index (χ1n) is 14.8. The molecule has 3 heterocycles. The Morgan fingerprint density at radius 2 is 2.13 bits per heavy atom. The number of nitrogens with one attached hydrogen (secondary N) is 1. The van der Waals surface area contributed by atoms with Crippen LogP contribution in [0.4, 0.5) is 0 Å². The fourth-order valence-corrected chi connectivity index (χ4v) is 2.43. The number of carbonyl (C=O) groups excluding carboxylic acids is 1. The summed E-state index contributed by atoms with van der Waals surface area (Å²) >= 11 is 0. The van der Waals surface area contributed by atoms with Crippen molar-refractivity contribution >= 4 is 16.8 Å². The third kappa shape index (κ3) is 2.53. The number of carbonyl (C=O) groups is 1. The smallest absolute Gasteiger partial charge is 0.272 e. The summed E-state index contributed by atoms with van der Waals surface area (Å²) in [4.78, 5) is 12.8. The van der Waals surface area contributed by atoms with E-state index in [1.54, 1.807) is 17.4 Å². The normalized spacial score (nSPS) is 59.3. The van der Waals surface area contributed by atoms with E-state index >= 15 is 0 Å². The van der Waals surface area contributed by atoms with Crippen molar-refractivity contribution < 1.29 is 26.7 Å². The molecule has 2 aliphatic heterocycles. The van der Waals surface area contributed by atoms with Crippen LogP contribution in [0.3, 0.4) is 0 Å². The molecule has 1 N–H and O–H groups in total. The standard InChI is InChI=1S/C18H24N4O/c1-21-13-6-5-7-14(21)11-12(10-13)19-18(23)17-15-8-3-4-9-16(15)22(2)20-17/h3-4,8-9,12-14H,5-7,10-11H2,1-2H3,(H,19,23)/t13-,14-/m1/s1/i1D3,5D2,6D2,7D2,10D2,11D2,12D,13D,14D. The highest BCUT2D eigenvalue weighted by Gasteiger charge is 2.36. The van der Waals surface area contributed by atoms with Gasteiger partial charge >= 0.3 is 0 Å². The van der Waals surface area contributed by atoms with E-state index in [0.29, 0.717) is 5.52 Å². The Morgan fingerprint density at radius 1 is 1.39 bits per heavy atom. The number of piperidine rings is 2. The van der Waals surface area contributed by atoms with Crippen molar-refractivity contribution in [1.82, 2.24) is 20.0 Å². The lowest BCUT2D eigenvalue weighted by Gasteiger charge is -2.47. The first-order valence-corrected chi connectivity index (χ1v) is 6.80. The third-order valence-electron chi connectivity index (χ3n) is 3.51. The summed E-state index contributed by atoms with van der Waals surface area (Å²) in [5.41, 5.74) is -0.0503. The second-order valence-corrected chi connectivity index (χ2v) is 4.98. The van der Waals surface area contributed by atoms with Gasteiger partial charge in [0.05, 0.1) is 6.89 Å². The minimum Gasteiger partial charge on any atom is -0.348 e. The topological polar surface area (TPSA) is 50.2 Å². The van der Waals surface area contributed by atoms with Crippen LogP contribution in [0.5, 0.6) is 0 Å². The zero-order chi connectivity index (χ0) is 30.2. The second-order valence-electron chi connectivity index (χ2n) is 4.98. The molecule has 0 saturated carbocycles. The predicted octanol–water partition coefficient (Wildman–Crippen LogP) is 2.32. The van der Waals surface area contributed by atoms with Gasteiger partial charge in [0.2, 0.25) is 0 Å². The first kappa shape index (κ1) is 5.31. The molecule has 23 heavy (non-hydrogen) atoms. The van der Waals surface area contributed by atoms with Crippen molar-refractivity contribution in [1.29, 1.82) is 0 Å². The van der Waals surface area contributed by atoms with Gasteiger partial charge in [0.25, 0.3) is 5.91 Å². The molecule has 5 heteroatoms. The number of para-hydroxylation sites is 1. The van der Waals surface area contributed by atoms with Gasteiger partial charge in [0, 0.05) is 51.0 Å². The van der Waals surface area contributed by atoms with Gasteiger partial charge in [-0.2, -0.15) is 5.10 Å².